The summed E-state index contributed by atoms with van der Waals surface area (Å²) >= 11 is 1.61. The third-order valence-electron chi connectivity index (χ3n) is 5.14. The summed E-state index contributed by atoms with van der Waals surface area (Å²) in [6.07, 6.45) is 4.04. The van der Waals surface area contributed by atoms with Crippen LogP contribution < -0.4 is 0 Å². The van der Waals surface area contributed by atoms with E-state index in [2.05, 4.69) is 38.0 Å². The van der Waals surface area contributed by atoms with Gasteiger partial charge in [-0.15, -0.1) is 11.3 Å². The number of rotatable bonds is 7. The van der Waals surface area contributed by atoms with E-state index in [1.54, 1.807) is 11.3 Å². The lowest BCUT2D eigenvalue weighted by Crippen LogP contribution is -2.48. The first kappa shape index (κ1) is 19.1. The number of aromatic nitrogens is 2. The lowest BCUT2D eigenvalue weighted by Gasteiger charge is -2.33. The number of hydrogen-bond acceptors (Lipinski definition) is 6. The zero-order chi connectivity index (χ0) is 19.3. The van der Waals surface area contributed by atoms with Crippen LogP contribution in [0.3, 0.4) is 0 Å². The largest absolute Gasteiger partial charge is 0.298 e. The number of piperazine rings is 1. The zero-order valence-electron chi connectivity index (χ0n) is 15.7. The van der Waals surface area contributed by atoms with Gasteiger partial charge in [0.2, 0.25) is 0 Å². The van der Waals surface area contributed by atoms with E-state index < -0.39 is 0 Å². The molecule has 3 heterocycles. The Bertz CT molecular complexity index is 939. The molecule has 4 rings (SSSR count). The standard InChI is InChI=1S/C21H23FN4OS/c22-3-4-25-5-7-26(8-6-25)14-20(27)11-19-10-18-9-16(21-13-23-15-28-21)1-2-17(18)12-24-19/h1-2,9-10,12-13,15H,3-8,11,14H2. The summed E-state index contributed by atoms with van der Waals surface area (Å²) in [6.45, 7) is 3.90. The van der Waals surface area contributed by atoms with Crippen molar-refractivity contribution in [2.45, 2.75) is 6.42 Å². The smallest absolute Gasteiger partial charge is 0.152 e. The van der Waals surface area contributed by atoms with Gasteiger partial charge in [0.05, 0.1) is 23.4 Å². The third kappa shape index (κ3) is 4.60. The summed E-state index contributed by atoms with van der Waals surface area (Å²) in [6, 6.07) is 8.27. The molecule has 3 aromatic rings. The molecule has 1 aliphatic heterocycles. The van der Waals surface area contributed by atoms with Gasteiger partial charge in [-0.2, -0.15) is 0 Å². The predicted octanol–water partition coefficient (Wildman–Crippen LogP) is 3.06. The lowest BCUT2D eigenvalue weighted by atomic mass is 10.1. The van der Waals surface area contributed by atoms with Gasteiger partial charge in [0.1, 0.15) is 6.67 Å². The Hall–Kier alpha value is -2.22. The molecule has 0 radical (unpaired) electrons. The minimum atomic E-state index is -0.308. The normalized spacial score (nSPS) is 15.9. The Morgan fingerprint density at radius 2 is 1.89 bits per heavy atom. The van der Waals surface area contributed by atoms with Gasteiger partial charge in [-0.1, -0.05) is 12.1 Å². The number of Topliss-reactive ketones (excluding diaryl/α,β-unsaturated/α-hetero) is 1. The van der Waals surface area contributed by atoms with Crippen molar-refractivity contribution in [2.24, 2.45) is 0 Å². The van der Waals surface area contributed by atoms with Crippen LogP contribution in [-0.2, 0) is 11.2 Å². The number of nitrogens with zero attached hydrogens (tertiary/aromatic N) is 4. The van der Waals surface area contributed by atoms with E-state index in [-0.39, 0.29) is 12.5 Å². The van der Waals surface area contributed by atoms with Crippen LogP contribution in [0.1, 0.15) is 5.69 Å². The van der Waals surface area contributed by atoms with Crippen LogP contribution in [0.2, 0.25) is 0 Å². The fourth-order valence-electron chi connectivity index (χ4n) is 3.59. The minimum absolute atomic E-state index is 0.171. The van der Waals surface area contributed by atoms with Gasteiger partial charge in [-0.3, -0.25) is 24.6 Å². The lowest BCUT2D eigenvalue weighted by molar-refractivity contribution is -0.120. The molecule has 1 saturated heterocycles. The molecule has 2 aromatic heterocycles. The molecule has 28 heavy (non-hydrogen) atoms. The highest BCUT2D eigenvalue weighted by Crippen LogP contribution is 2.27. The highest BCUT2D eigenvalue weighted by molar-refractivity contribution is 7.13. The van der Waals surface area contributed by atoms with Crippen LogP contribution in [0.5, 0.6) is 0 Å². The van der Waals surface area contributed by atoms with Crippen molar-refractivity contribution in [3.8, 4) is 10.4 Å². The van der Waals surface area contributed by atoms with E-state index in [0.29, 0.717) is 19.5 Å². The minimum Gasteiger partial charge on any atom is -0.298 e. The van der Waals surface area contributed by atoms with Crippen LogP contribution in [-0.4, -0.2) is 71.5 Å². The number of alkyl halides is 1. The van der Waals surface area contributed by atoms with Gasteiger partial charge >= 0.3 is 0 Å². The molecule has 1 aliphatic rings. The molecule has 0 amide bonds. The van der Waals surface area contributed by atoms with E-state index in [1.165, 1.54) is 0 Å². The van der Waals surface area contributed by atoms with Crippen molar-refractivity contribution in [1.29, 1.82) is 0 Å². The van der Waals surface area contributed by atoms with Crippen molar-refractivity contribution in [3.63, 3.8) is 0 Å². The second kappa shape index (κ2) is 8.86. The van der Waals surface area contributed by atoms with Gasteiger partial charge in [0.25, 0.3) is 0 Å². The van der Waals surface area contributed by atoms with Crippen LogP contribution in [0.15, 0.2) is 42.2 Å². The number of carbonyl (C=O) groups excluding carboxylic acids is 1. The van der Waals surface area contributed by atoms with Crippen LogP contribution >= 0.6 is 11.3 Å². The van der Waals surface area contributed by atoms with Crippen molar-refractivity contribution in [1.82, 2.24) is 19.8 Å². The number of carbonyl (C=O) groups is 1. The number of thiazole rings is 1. The molecule has 0 unspecified atom stereocenters. The first-order chi connectivity index (χ1) is 13.7. The van der Waals surface area contributed by atoms with E-state index in [1.807, 2.05) is 24.0 Å². The van der Waals surface area contributed by atoms with E-state index in [4.69, 9.17) is 0 Å². The average Bonchev–Trinajstić information content (AvgIpc) is 3.24. The molecular weight excluding hydrogens is 375 g/mol. The Balaban J connectivity index is 1.39. The first-order valence-corrected chi connectivity index (χ1v) is 10.4. The number of benzene rings is 1. The van der Waals surface area contributed by atoms with Crippen molar-refractivity contribution in [3.05, 3.63) is 47.9 Å². The molecule has 0 N–H and O–H groups in total. The number of ketones is 1. The molecule has 0 bridgehead atoms. The molecule has 5 nitrogen and oxygen atoms in total. The molecular formula is C21H23FN4OS. The third-order valence-corrected chi connectivity index (χ3v) is 5.96. The monoisotopic (exact) mass is 398 g/mol. The molecule has 0 spiro atoms. The van der Waals surface area contributed by atoms with Gasteiger partial charge in [-0.25, -0.2) is 4.39 Å². The number of fused-ring (bicyclic) bond motifs is 1. The number of halogens is 1. The Morgan fingerprint density at radius 3 is 2.64 bits per heavy atom. The number of pyridine rings is 1. The molecule has 0 atom stereocenters. The second-order valence-electron chi connectivity index (χ2n) is 7.13. The predicted molar refractivity (Wildman–Crippen MR) is 110 cm³/mol. The Labute approximate surface area is 167 Å². The molecule has 0 aliphatic carbocycles. The van der Waals surface area contributed by atoms with Crippen LogP contribution in [0.25, 0.3) is 21.2 Å². The summed E-state index contributed by atoms with van der Waals surface area (Å²) in [5.41, 5.74) is 3.76. The SMILES string of the molecule is O=C(Cc1cc2cc(-c3cncs3)ccc2cn1)CN1CCN(CCF)CC1. The summed E-state index contributed by atoms with van der Waals surface area (Å²) in [5.74, 6) is 0.171. The topological polar surface area (TPSA) is 49.3 Å². The summed E-state index contributed by atoms with van der Waals surface area (Å²) in [5, 5.41) is 2.15. The van der Waals surface area contributed by atoms with Crippen molar-refractivity contribution in [2.75, 3.05) is 45.9 Å². The van der Waals surface area contributed by atoms with Gasteiger partial charge < -0.3 is 0 Å². The second-order valence-corrected chi connectivity index (χ2v) is 8.01. The van der Waals surface area contributed by atoms with E-state index in [9.17, 15) is 9.18 Å². The van der Waals surface area contributed by atoms with Crippen LogP contribution in [0, 0.1) is 0 Å². The zero-order valence-corrected chi connectivity index (χ0v) is 16.5. The quantitative estimate of drug-likeness (QED) is 0.612. The summed E-state index contributed by atoms with van der Waals surface area (Å²) in [7, 11) is 0. The van der Waals surface area contributed by atoms with E-state index >= 15 is 0 Å². The van der Waals surface area contributed by atoms with Gasteiger partial charge in [0.15, 0.2) is 5.78 Å². The summed E-state index contributed by atoms with van der Waals surface area (Å²) < 4.78 is 12.4. The molecule has 1 fully saturated rings. The Kier molecular flexibility index (Phi) is 6.04. The van der Waals surface area contributed by atoms with Gasteiger partial charge in [0, 0.05) is 56.2 Å². The van der Waals surface area contributed by atoms with Crippen molar-refractivity contribution >= 4 is 27.9 Å². The van der Waals surface area contributed by atoms with Crippen molar-refractivity contribution < 1.29 is 9.18 Å². The molecule has 0 saturated carbocycles. The number of hydrogen-bond donors (Lipinski definition) is 0. The van der Waals surface area contributed by atoms with Crippen LogP contribution in [0.4, 0.5) is 4.39 Å². The fourth-order valence-corrected chi connectivity index (χ4v) is 4.21. The highest BCUT2D eigenvalue weighted by atomic mass is 32.1. The van der Waals surface area contributed by atoms with E-state index in [0.717, 1.165) is 53.1 Å². The highest BCUT2D eigenvalue weighted by Gasteiger charge is 2.19. The maximum atomic E-state index is 12.5. The molecule has 7 heteroatoms. The molecule has 146 valence electrons. The first-order valence-electron chi connectivity index (χ1n) is 9.51. The maximum absolute atomic E-state index is 12.5. The van der Waals surface area contributed by atoms with Gasteiger partial charge in [-0.05, 0) is 23.1 Å². The average molecular weight is 399 g/mol. The Morgan fingerprint density at radius 1 is 1.07 bits per heavy atom. The summed E-state index contributed by atoms with van der Waals surface area (Å²) in [4.78, 5) is 26.5. The fraction of sp³-hybridized carbons (Fsp3) is 0.381. The maximum Gasteiger partial charge on any atom is 0.152 e. The molecule has 1 aromatic carbocycles.